The molecule has 4 aliphatic rings. The number of methoxy groups -OCH3 is 1. The third-order valence-electron chi connectivity index (χ3n) is 6.80. The number of nitrogens with one attached hydrogen (secondary N) is 1. The minimum absolute atomic E-state index is 0.580. The van der Waals surface area contributed by atoms with Crippen LogP contribution in [-0.4, -0.2) is 13.2 Å². The van der Waals surface area contributed by atoms with Crippen LogP contribution in [0.25, 0.3) is 0 Å². The predicted octanol–water partition coefficient (Wildman–Crippen LogP) is 4.39. The molecule has 0 amide bonds. The number of benzene rings is 1. The SMILES string of the molecule is COc1ccccc1CNC(C)C12CC3CC(CC(C3)C1)C2. The lowest BCUT2D eigenvalue weighted by Crippen LogP contribution is -2.54. The van der Waals surface area contributed by atoms with Crippen molar-refractivity contribution in [2.45, 2.75) is 58.0 Å². The molecule has 0 aromatic heterocycles. The van der Waals surface area contributed by atoms with Crippen LogP contribution < -0.4 is 10.1 Å². The number of ether oxygens (including phenoxy) is 1. The minimum Gasteiger partial charge on any atom is -0.496 e. The van der Waals surface area contributed by atoms with Crippen molar-refractivity contribution in [1.82, 2.24) is 5.32 Å². The highest BCUT2D eigenvalue weighted by Crippen LogP contribution is 2.61. The second-order valence-electron chi connectivity index (χ2n) is 8.19. The van der Waals surface area contributed by atoms with E-state index >= 15 is 0 Å². The lowest BCUT2D eigenvalue weighted by Gasteiger charge is -2.59. The van der Waals surface area contributed by atoms with Gasteiger partial charge < -0.3 is 10.1 Å². The van der Waals surface area contributed by atoms with Gasteiger partial charge in [0.1, 0.15) is 5.75 Å². The highest BCUT2D eigenvalue weighted by atomic mass is 16.5. The van der Waals surface area contributed by atoms with Crippen molar-refractivity contribution in [3.63, 3.8) is 0 Å². The molecule has 2 heteroatoms. The highest BCUT2D eigenvalue weighted by Gasteiger charge is 2.52. The van der Waals surface area contributed by atoms with Crippen molar-refractivity contribution < 1.29 is 4.74 Å². The average molecular weight is 299 g/mol. The Morgan fingerprint density at radius 3 is 2.27 bits per heavy atom. The molecule has 1 aromatic rings. The molecule has 0 aliphatic heterocycles. The lowest BCUT2D eigenvalue weighted by molar-refractivity contribution is -0.0706. The topological polar surface area (TPSA) is 21.3 Å². The Labute approximate surface area is 134 Å². The van der Waals surface area contributed by atoms with E-state index in [9.17, 15) is 0 Å². The molecule has 0 spiro atoms. The molecule has 0 radical (unpaired) electrons. The fourth-order valence-corrected chi connectivity index (χ4v) is 6.04. The largest absolute Gasteiger partial charge is 0.496 e. The Hall–Kier alpha value is -1.02. The van der Waals surface area contributed by atoms with Gasteiger partial charge >= 0.3 is 0 Å². The maximum atomic E-state index is 5.49. The number of para-hydroxylation sites is 1. The van der Waals surface area contributed by atoms with Crippen LogP contribution in [0.15, 0.2) is 24.3 Å². The first-order chi connectivity index (χ1) is 10.7. The standard InChI is InChI=1S/C20H29NO/c1-14(21-13-18-5-3-4-6-19(18)22-2)20-10-15-7-16(11-20)9-17(8-15)12-20/h3-6,14-17,21H,7-13H2,1-2H3. The molecule has 1 atom stereocenters. The summed E-state index contributed by atoms with van der Waals surface area (Å²) in [5.41, 5.74) is 1.86. The molecule has 4 fully saturated rings. The van der Waals surface area contributed by atoms with Crippen LogP contribution in [0.5, 0.6) is 5.75 Å². The smallest absolute Gasteiger partial charge is 0.123 e. The third kappa shape index (κ3) is 2.46. The van der Waals surface area contributed by atoms with Crippen molar-refractivity contribution in [3.05, 3.63) is 29.8 Å². The maximum absolute atomic E-state index is 5.49. The van der Waals surface area contributed by atoms with E-state index in [1.54, 1.807) is 7.11 Å². The summed E-state index contributed by atoms with van der Waals surface area (Å²) in [6, 6.07) is 9.01. The second kappa shape index (κ2) is 5.56. The summed E-state index contributed by atoms with van der Waals surface area (Å²) in [7, 11) is 1.77. The molecule has 4 bridgehead atoms. The van der Waals surface area contributed by atoms with E-state index in [4.69, 9.17) is 4.74 Å². The number of hydrogen-bond donors (Lipinski definition) is 1. The first-order valence-electron chi connectivity index (χ1n) is 9.04. The van der Waals surface area contributed by atoms with Gasteiger partial charge in [0, 0.05) is 18.2 Å². The molecule has 4 aliphatic carbocycles. The quantitative estimate of drug-likeness (QED) is 0.870. The van der Waals surface area contributed by atoms with Gasteiger partial charge in [-0.05, 0) is 74.7 Å². The molecule has 1 unspecified atom stereocenters. The van der Waals surface area contributed by atoms with Gasteiger partial charge in [0.25, 0.3) is 0 Å². The van der Waals surface area contributed by atoms with E-state index in [-0.39, 0.29) is 0 Å². The average Bonchev–Trinajstić information content (AvgIpc) is 2.51. The van der Waals surface area contributed by atoms with Crippen LogP contribution in [0.2, 0.25) is 0 Å². The zero-order valence-electron chi connectivity index (χ0n) is 14.0. The molecule has 1 N–H and O–H groups in total. The molecule has 2 nitrogen and oxygen atoms in total. The van der Waals surface area contributed by atoms with Gasteiger partial charge in [-0.25, -0.2) is 0 Å². The van der Waals surface area contributed by atoms with Gasteiger partial charge in [0.15, 0.2) is 0 Å². The van der Waals surface area contributed by atoms with Crippen molar-refractivity contribution in [1.29, 1.82) is 0 Å². The normalized spacial score (nSPS) is 37.3. The summed E-state index contributed by atoms with van der Waals surface area (Å²) in [4.78, 5) is 0. The van der Waals surface area contributed by atoms with E-state index in [2.05, 4.69) is 30.4 Å². The zero-order valence-corrected chi connectivity index (χ0v) is 14.0. The van der Waals surface area contributed by atoms with Crippen LogP contribution in [0, 0.1) is 23.2 Å². The Morgan fingerprint density at radius 2 is 1.68 bits per heavy atom. The van der Waals surface area contributed by atoms with E-state index in [1.807, 2.05) is 6.07 Å². The van der Waals surface area contributed by atoms with Gasteiger partial charge in [-0.15, -0.1) is 0 Å². The molecule has 1 aromatic carbocycles. The highest BCUT2D eigenvalue weighted by molar-refractivity contribution is 5.33. The van der Waals surface area contributed by atoms with Gasteiger partial charge in [-0.3, -0.25) is 0 Å². The summed E-state index contributed by atoms with van der Waals surface area (Å²) < 4.78 is 5.49. The Balaban J connectivity index is 1.45. The van der Waals surface area contributed by atoms with Gasteiger partial charge in [-0.1, -0.05) is 18.2 Å². The van der Waals surface area contributed by atoms with E-state index in [1.165, 1.54) is 44.1 Å². The van der Waals surface area contributed by atoms with Crippen LogP contribution >= 0.6 is 0 Å². The molecular formula is C20H29NO. The molecule has 120 valence electrons. The monoisotopic (exact) mass is 299 g/mol. The lowest BCUT2D eigenvalue weighted by atomic mass is 9.48. The van der Waals surface area contributed by atoms with Crippen molar-refractivity contribution >= 4 is 0 Å². The van der Waals surface area contributed by atoms with Crippen molar-refractivity contribution in [2.75, 3.05) is 7.11 Å². The summed E-state index contributed by atoms with van der Waals surface area (Å²) in [6.45, 7) is 3.36. The third-order valence-corrected chi connectivity index (χ3v) is 6.80. The van der Waals surface area contributed by atoms with Crippen molar-refractivity contribution in [3.8, 4) is 5.75 Å². The van der Waals surface area contributed by atoms with E-state index < -0.39 is 0 Å². The maximum Gasteiger partial charge on any atom is 0.123 e. The molecule has 4 saturated carbocycles. The second-order valence-corrected chi connectivity index (χ2v) is 8.19. The molecule has 5 rings (SSSR count). The van der Waals surface area contributed by atoms with Gasteiger partial charge in [0.05, 0.1) is 7.11 Å². The van der Waals surface area contributed by atoms with Crippen LogP contribution in [0.3, 0.4) is 0 Å². The Kier molecular flexibility index (Phi) is 3.68. The Morgan fingerprint density at radius 1 is 1.09 bits per heavy atom. The van der Waals surface area contributed by atoms with Crippen LogP contribution in [0.1, 0.15) is 51.0 Å². The summed E-state index contributed by atoms with van der Waals surface area (Å²) in [5.74, 6) is 4.10. The molecule has 0 heterocycles. The van der Waals surface area contributed by atoms with Gasteiger partial charge in [-0.2, -0.15) is 0 Å². The van der Waals surface area contributed by atoms with Crippen LogP contribution in [0.4, 0.5) is 0 Å². The first kappa shape index (κ1) is 14.6. The molecule has 22 heavy (non-hydrogen) atoms. The summed E-state index contributed by atoms with van der Waals surface area (Å²) >= 11 is 0. The fraction of sp³-hybridized carbons (Fsp3) is 0.700. The van der Waals surface area contributed by atoms with E-state index in [0.29, 0.717) is 11.5 Å². The first-order valence-corrected chi connectivity index (χ1v) is 9.04. The molecular weight excluding hydrogens is 270 g/mol. The fourth-order valence-electron chi connectivity index (χ4n) is 6.04. The summed E-state index contributed by atoms with van der Waals surface area (Å²) in [6.07, 6.45) is 8.99. The van der Waals surface area contributed by atoms with Crippen LogP contribution in [-0.2, 0) is 6.54 Å². The zero-order chi connectivity index (χ0) is 15.2. The van der Waals surface area contributed by atoms with Gasteiger partial charge in [0.2, 0.25) is 0 Å². The van der Waals surface area contributed by atoms with E-state index in [0.717, 1.165) is 30.0 Å². The van der Waals surface area contributed by atoms with Crippen molar-refractivity contribution in [2.24, 2.45) is 23.2 Å². The minimum atomic E-state index is 0.580. The predicted molar refractivity (Wildman–Crippen MR) is 89.9 cm³/mol. The molecule has 0 saturated heterocycles. The number of hydrogen-bond acceptors (Lipinski definition) is 2. The Bertz CT molecular complexity index is 503. The summed E-state index contributed by atoms with van der Waals surface area (Å²) in [5, 5.41) is 3.85. The number of rotatable bonds is 5.